The molecular weight excluding hydrogens is 178 g/mol. The molecule has 0 N–H and O–H groups in total. The van der Waals surface area contributed by atoms with Crippen LogP contribution in [0.1, 0.15) is 18.2 Å². The van der Waals surface area contributed by atoms with E-state index in [0.29, 0.717) is 12.3 Å². The fraction of sp³-hybridized carbons (Fsp3) is 0.273. The number of hydrogen-bond acceptors (Lipinski definition) is 3. The van der Waals surface area contributed by atoms with Gasteiger partial charge in [0, 0.05) is 12.1 Å². The van der Waals surface area contributed by atoms with Crippen LogP contribution in [-0.4, -0.2) is 17.6 Å². The fourth-order valence-corrected chi connectivity index (χ4v) is 0.894. The molecule has 1 aromatic heterocycles. The zero-order chi connectivity index (χ0) is 10.4. The molecule has 72 valence electrons. The van der Waals surface area contributed by atoms with Crippen molar-refractivity contribution >= 4 is 5.97 Å². The number of pyridine rings is 1. The summed E-state index contributed by atoms with van der Waals surface area (Å²) >= 11 is 0. The van der Waals surface area contributed by atoms with Crippen molar-refractivity contribution in [1.29, 1.82) is 0 Å². The lowest BCUT2D eigenvalue weighted by Crippen LogP contribution is -2.00. The van der Waals surface area contributed by atoms with Gasteiger partial charge in [-0.15, -0.1) is 0 Å². The molecule has 0 aliphatic carbocycles. The van der Waals surface area contributed by atoms with Gasteiger partial charge in [0.2, 0.25) is 0 Å². The number of esters is 1. The van der Waals surface area contributed by atoms with Gasteiger partial charge in [-0.3, -0.25) is 0 Å². The number of nitrogens with zero attached hydrogens (tertiary/aromatic N) is 1. The summed E-state index contributed by atoms with van der Waals surface area (Å²) in [7, 11) is 0. The number of aromatic nitrogens is 1. The van der Waals surface area contributed by atoms with Gasteiger partial charge in [-0.05, 0) is 31.4 Å². The predicted octanol–water partition coefficient (Wildman–Crippen LogP) is 1.30. The van der Waals surface area contributed by atoms with E-state index in [1.807, 2.05) is 19.1 Å². The van der Waals surface area contributed by atoms with Crippen LogP contribution in [0.25, 0.3) is 0 Å². The average Bonchev–Trinajstić information content (AvgIpc) is 2.17. The van der Waals surface area contributed by atoms with Gasteiger partial charge in [-0.25, -0.2) is 9.78 Å². The van der Waals surface area contributed by atoms with Crippen molar-refractivity contribution in [3.05, 3.63) is 29.6 Å². The zero-order valence-electron chi connectivity index (χ0n) is 8.20. The predicted molar refractivity (Wildman–Crippen MR) is 52.5 cm³/mol. The quantitative estimate of drug-likeness (QED) is 0.494. The van der Waals surface area contributed by atoms with Gasteiger partial charge < -0.3 is 4.74 Å². The molecule has 0 spiro atoms. The summed E-state index contributed by atoms with van der Waals surface area (Å²) in [6, 6.07) is 3.72. The van der Waals surface area contributed by atoms with E-state index >= 15 is 0 Å². The first kappa shape index (κ1) is 10.3. The van der Waals surface area contributed by atoms with Gasteiger partial charge in [0.25, 0.3) is 0 Å². The van der Waals surface area contributed by atoms with E-state index in [2.05, 4.69) is 21.6 Å². The maximum absolute atomic E-state index is 10.9. The summed E-state index contributed by atoms with van der Waals surface area (Å²) in [5.74, 6) is 4.51. The molecule has 0 aliphatic heterocycles. The van der Waals surface area contributed by atoms with Gasteiger partial charge in [0.15, 0.2) is 0 Å². The topological polar surface area (TPSA) is 39.2 Å². The molecule has 3 heteroatoms. The Balaban J connectivity index is 2.77. The summed E-state index contributed by atoms with van der Waals surface area (Å²) in [5.41, 5.74) is 1.56. The normalized spacial score (nSPS) is 8.71. The number of carbonyl (C=O) groups is 1. The Labute approximate surface area is 83.1 Å². The van der Waals surface area contributed by atoms with Crippen molar-refractivity contribution in [1.82, 2.24) is 4.98 Å². The fourth-order valence-electron chi connectivity index (χ4n) is 0.894. The lowest BCUT2D eigenvalue weighted by molar-refractivity contribution is -0.136. The molecule has 0 saturated carbocycles. The molecule has 1 heterocycles. The van der Waals surface area contributed by atoms with E-state index in [1.165, 1.54) is 0 Å². The molecule has 0 fully saturated rings. The first-order valence-electron chi connectivity index (χ1n) is 4.34. The van der Waals surface area contributed by atoms with E-state index < -0.39 is 5.97 Å². The standard InChI is InChI=1S/C11H11NO2/c1-3-14-11(13)7-6-10-9(2)5-4-8-12-10/h4-5,8H,3H2,1-2H3. The highest BCUT2D eigenvalue weighted by Crippen LogP contribution is 2.00. The van der Waals surface area contributed by atoms with Crippen LogP contribution in [0, 0.1) is 18.8 Å². The van der Waals surface area contributed by atoms with Crippen LogP contribution in [0.4, 0.5) is 0 Å². The molecule has 1 rings (SSSR count). The minimum Gasteiger partial charge on any atom is -0.456 e. The highest BCUT2D eigenvalue weighted by Gasteiger charge is 1.95. The van der Waals surface area contributed by atoms with Crippen LogP contribution in [0.2, 0.25) is 0 Å². The minimum atomic E-state index is -0.516. The van der Waals surface area contributed by atoms with E-state index in [-0.39, 0.29) is 0 Å². The van der Waals surface area contributed by atoms with Crippen LogP contribution in [0.5, 0.6) is 0 Å². The molecule has 0 aliphatic rings. The Kier molecular flexibility index (Phi) is 3.69. The molecule has 0 saturated heterocycles. The van der Waals surface area contributed by atoms with Crippen LogP contribution < -0.4 is 0 Å². The Morgan fingerprint density at radius 3 is 3.07 bits per heavy atom. The molecule has 0 amide bonds. The number of hydrogen-bond donors (Lipinski definition) is 0. The second kappa shape index (κ2) is 5.03. The third kappa shape index (κ3) is 2.91. The van der Waals surface area contributed by atoms with Crippen molar-refractivity contribution in [3.8, 4) is 11.8 Å². The van der Waals surface area contributed by atoms with Crippen molar-refractivity contribution in [2.24, 2.45) is 0 Å². The molecule has 0 unspecified atom stereocenters. The summed E-state index contributed by atoms with van der Waals surface area (Å²) in [5, 5.41) is 0. The molecule has 0 aromatic carbocycles. The molecule has 3 nitrogen and oxygen atoms in total. The van der Waals surface area contributed by atoms with Crippen molar-refractivity contribution in [2.45, 2.75) is 13.8 Å². The van der Waals surface area contributed by atoms with Gasteiger partial charge in [-0.2, -0.15) is 0 Å². The average molecular weight is 189 g/mol. The Bertz CT molecular complexity index is 388. The monoisotopic (exact) mass is 189 g/mol. The van der Waals surface area contributed by atoms with Crippen LogP contribution in [-0.2, 0) is 9.53 Å². The highest BCUT2D eigenvalue weighted by atomic mass is 16.5. The van der Waals surface area contributed by atoms with E-state index in [1.54, 1.807) is 13.1 Å². The largest absolute Gasteiger partial charge is 0.456 e. The lowest BCUT2D eigenvalue weighted by atomic mass is 10.2. The van der Waals surface area contributed by atoms with Crippen molar-refractivity contribution in [2.75, 3.05) is 6.61 Å². The van der Waals surface area contributed by atoms with Gasteiger partial charge in [0.05, 0.1) is 6.61 Å². The molecule has 0 bridgehead atoms. The van der Waals surface area contributed by atoms with E-state index in [0.717, 1.165) is 5.56 Å². The zero-order valence-corrected chi connectivity index (χ0v) is 8.20. The van der Waals surface area contributed by atoms with Crippen LogP contribution in [0.3, 0.4) is 0 Å². The third-order valence-corrected chi connectivity index (χ3v) is 1.57. The molecule has 1 aromatic rings. The SMILES string of the molecule is CCOC(=O)C#Cc1ncccc1C. The minimum absolute atomic E-state index is 0.342. The maximum atomic E-state index is 10.9. The second-order valence-electron chi connectivity index (χ2n) is 2.64. The molecule has 0 atom stereocenters. The number of rotatable bonds is 1. The highest BCUT2D eigenvalue weighted by molar-refractivity contribution is 5.89. The Hall–Kier alpha value is -1.82. The first-order valence-corrected chi connectivity index (χ1v) is 4.34. The number of aryl methyl sites for hydroxylation is 1. The summed E-state index contributed by atoms with van der Waals surface area (Å²) < 4.78 is 4.66. The maximum Gasteiger partial charge on any atom is 0.384 e. The molecular formula is C11H11NO2. The van der Waals surface area contributed by atoms with Crippen molar-refractivity contribution < 1.29 is 9.53 Å². The Morgan fingerprint density at radius 2 is 2.43 bits per heavy atom. The van der Waals surface area contributed by atoms with Gasteiger partial charge in [0.1, 0.15) is 5.69 Å². The number of ether oxygens (including phenoxy) is 1. The molecule has 14 heavy (non-hydrogen) atoms. The van der Waals surface area contributed by atoms with Crippen LogP contribution >= 0.6 is 0 Å². The summed E-state index contributed by atoms with van der Waals surface area (Å²) in [4.78, 5) is 14.9. The smallest absolute Gasteiger partial charge is 0.384 e. The third-order valence-electron chi connectivity index (χ3n) is 1.57. The van der Waals surface area contributed by atoms with E-state index in [4.69, 9.17) is 0 Å². The lowest BCUT2D eigenvalue weighted by Gasteiger charge is -1.94. The van der Waals surface area contributed by atoms with E-state index in [9.17, 15) is 4.79 Å². The van der Waals surface area contributed by atoms with Crippen molar-refractivity contribution in [3.63, 3.8) is 0 Å². The number of carbonyl (C=O) groups excluding carboxylic acids is 1. The first-order chi connectivity index (χ1) is 6.74. The summed E-state index contributed by atoms with van der Waals surface area (Å²) in [6.07, 6.45) is 1.64. The van der Waals surface area contributed by atoms with Gasteiger partial charge in [-0.1, -0.05) is 6.07 Å². The Morgan fingerprint density at radius 1 is 1.64 bits per heavy atom. The second-order valence-corrected chi connectivity index (χ2v) is 2.64. The summed E-state index contributed by atoms with van der Waals surface area (Å²) in [6.45, 7) is 3.97. The molecule has 0 radical (unpaired) electrons. The van der Waals surface area contributed by atoms with Crippen LogP contribution in [0.15, 0.2) is 18.3 Å². The van der Waals surface area contributed by atoms with Gasteiger partial charge >= 0.3 is 5.97 Å².